The number of methoxy groups -OCH3 is 2. The first kappa shape index (κ1) is 13.7. The van der Waals surface area contributed by atoms with Crippen LogP contribution in [0.1, 0.15) is 30.1 Å². The highest BCUT2D eigenvalue weighted by molar-refractivity contribution is 5.55. The molecule has 4 nitrogen and oxygen atoms in total. The van der Waals surface area contributed by atoms with Crippen LogP contribution in [0.25, 0.3) is 0 Å². The number of rotatable bonds is 4. The van der Waals surface area contributed by atoms with Crippen LogP contribution < -0.4 is 14.8 Å². The van der Waals surface area contributed by atoms with Gasteiger partial charge in [-0.3, -0.25) is 4.98 Å². The Bertz CT molecular complexity index is 606. The summed E-state index contributed by atoms with van der Waals surface area (Å²) in [5.74, 6) is 1.57. The molecule has 2 aromatic rings. The fraction of sp³-hybridized carbons (Fsp3) is 0.353. The molecule has 0 saturated carbocycles. The van der Waals surface area contributed by atoms with Crippen LogP contribution in [0.4, 0.5) is 5.69 Å². The first-order valence-corrected chi connectivity index (χ1v) is 7.23. The minimum atomic E-state index is 0.242. The lowest BCUT2D eigenvalue weighted by Gasteiger charge is -2.26. The molecule has 4 heteroatoms. The maximum atomic E-state index is 5.32. The van der Waals surface area contributed by atoms with E-state index in [4.69, 9.17) is 9.47 Å². The molecule has 110 valence electrons. The summed E-state index contributed by atoms with van der Waals surface area (Å²) < 4.78 is 10.6. The first-order valence-electron chi connectivity index (χ1n) is 7.23. The average Bonchev–Trinajstić information content (AvgIpc) is 2.55. The number of pyridine rings is 1. The molecule has 0 fully saturated rings. The monoisotopic (exact) mass is 284 g/mol. The number of fused-ring (bicyclic) bond motifs is 1. The summed E-state index contributed by atoms with van der Waals surface area (Å²) in [6.45, 7) is 0. The standard InChI is InChI=1S/C17H20N2O2/c1-20-14-9-13(10-15(11-14)21-2)19-16-7-3-5-12-6-4-8-18-17(12)16/h4,6,8-11,16,19H,3,5,7H2,1-2H3. The predicted octanol–water partition coefficient (Wildman–Crippen LogP) is 3.59. The largest absolute Gasteiger partial charge is 0.497 e. The molecule has 0 spiro atoms. The molecule has 1 aliphatic carbocycles. The minimum Gasteiger partial charge on any atom is -0.497 e. The zero-order valence-electron chi connectivity index (χ0n) is 12.4. The quantitative estimate of drug-likeness (QED) is 0.931. The van der Waals surface area contributed by atoms with E-state index in [2.05, 4.69) is 16.4 Å². The van der Waals surface area contributed by atoms with E-state index < -0.39 is 0 Å². The van der Waals surface area contributed by atoms with Crippen LogP contribution in [-0.2, 0) is 6.42 Å². The second-order valence-electron chi connectivity index (χ2n) is 5.24. The number of hydrogen-bond donors (Lipinski definition) is 1. The predicted molar refractivity (Wildman–Crippen MR) is 83.1 cm³/mol. The molecule has 1 N–H and O–H groups in total. The Labute approximate surface area is 125 Å². The SMILES string of the molecule is COc1cc(NC2CCCc3cccnc32)cc(OC)c1. The molecule has 1 unspecified atom stereocenters. The number of aryl methyl sites for hydroxylation is 1. The Hall–Kier alpha value is -2.23. The van der Waals surface area contributed by atoms with Gasteiger partial charge in [-0.25, -0.2) is 0 Å². The number of hydrogen-bond acceptors (Lipinski definition) is 4. The summed E-state index contributed by atoms with van der Waals surface area (Å²) in [6, 6.07) is 10.3. The molecule has 0 radical (unpaired) electrons. The van der Waals surface area contributed by atoms with Gasteiger partial charge >= 0.3 is 0 Å². The Morgan fingerprint density at radius 2 is 1.90 bits per heavy atom. The van der Waals surface area contributed by atoms with Crippen molar-refractivity contribution in [3.8, 4) is 11.5 Å². The highest BCUT2D eigenvalue weighted by atomic mass is 16.5. The van der Waals surface area contributed by atoms with E-state index in [9.17, 15) is 0 Å². The summed E-state index contributed by atoms with van der Waals surface area (Å²) in [7, 11) is 3.33. The summed E-state index contributed by atoms with van der Waals surface area (Å²) >= 11 is 0. The van der Waals surface area contributed by atoms with Crippen molar-refractivity contribution >= 4 is 5.69 Å². The summed E-state index contributed by atoms with van der Waals surface area (Å²) in [5, 5.41) is 3.56. The van der Waals surface area contributed by atoms with E-state index in [-0.39, 0.29) is 6.04 Å². The van der Waals surface area contributed by atoms with E-state index in [1.165, 1.54) is 12.0 Å². The van der Waals surface area contributed by atoms with E-state index in [0.29, 0.717) is 0 Å². The van der Waals surface area contributed by atoms with Crippen LogP contribution in [-0.4, -0.2) is 19.2 Å². The molecule has 1 aromatic heterocycles. The molecular weight excluding hydrogens is 264 g/mol. The van der Waals surface area contributed by atoms with Crippen molar-refractivity contribution < 1.29 is 9.47 Å². The van der Waals surface area contributed by atoms with Gasteiger partial charge in [0.2, 0.25) is 0 Å². The van der Waals surface area contributed by atoms with Crippen molar-refractivity contribution in [2.45, 2.75) is 25.3 Å². The van der Waals surface area contributed by atoms with Gasteiger partial charge in [0.05, 0.1) is 26.0 Å². The molecule has 0 amide bonds. The Balaban J connectivity index is 1.87. The smallest absolute Gasteiger partial charge is 0.124 e. The Kier molecular flexibility index (Phi) is 3.95. The second kappa shape index (κ2) is 6.04. The van der Waals surface area contributed by atoms with Gasteiger partial charge in [-0.15, -0.1) is 0 Å². The van der Waals surface area contributed by atoms with Gasteiger partial charge in [-0.1, -0.05) is 6.07 Å². The maximum Gasteiger partial charge on any atom is 0.124 e. The molecule has 21 heavy (non-hydrogen) atoms. The number of anilines is 1. The third-order valence-corrected chi connectivity index (χ3v) is 3.89. The van der Waals surface area contributed by atoms with Crippen molar-refractivity contribution in [3.05, 3.63) is 47.8 Å². The highest BCUT2D eigenvalue weighted by Gasteiger charge is 2.21. The summed E-state index contributed by atoms with van der Waals surface area (Å²) in [4.78, 5) is 4.56. The molecule has 0 bridgehead atoms. The Morgan fingerprint density at radius 1 is 1.14 bits per heavy atom. The van der Waals surface area contributed by atoms with Gasteiger partial charge in [0.1, 0.15) is 11.5 Å². The number of nitrogens with zero attached hydrogens (tertiary/aromatic N) is 1. The number of aromatic nitrogens is 1. The molecule has 1 aromatic carbocycles. The lowest BCUT2D eigenvalue weighted by Crippen LogP contribution is -2.18. The molecule has 0 aliphatic heterocycles. The maximum absolute atomic E-state index is 5.32. The van der Waals surface area contributed by atoms with Gasteiger partial charge in [0.25, 0.3) is 0 Å². The number of benzene rings is 1. The van der Waals surface area contributed by atoms with E-state index in [1.54, 1.807) is 14.2 Å². The van der Waals surface area contributed by atoms with Crippen molar-refractivity contribution in [2.75, 3.05) is 19.5 Å². The van der Waals surface area contributed by atoms with E-state index in [0.717, 1.165) is 35.7 Å². The van der Waals surface area contributed by atoms with Gasteiger partial charge in [-0.05, 0) is 30.9 Å². The molecular formula is C17H20N2O2. The van der Waals surface area contributed by atoms with Crippen LogP contribution in [0.5, 0.6) is 11.5 Å². The lowest BCUT2D eigenvalue weighted by molar-refractivity contribution is 0.394. The van der Waals surface area contributed by atoms with E-state index in [1.807, 2.05) is 30.5 Å². The van der Waals surface area contributed by atoms with Crippen molar-refractivity contribution in [1.82, 2.24) is 4.98 Å². The number of ether oxygens (including phenoxy) is 2. The fourth-order valence-corrected chi connectivity index (χ4v) is 2.84. The molecule has 3 rings (SSSR count). The van der Waals surface area contributed by atoms with E-state index >= 15 is 0 Å². The van der Waals surface area contributed by atoms with Crippen LogP contribution in [0.15, 0.2) is 36.5 Å². The van der Waals surface area contributed by atoms with Crippen LogP contribution in [0, 0.1) is 0 Å². The molecule has 1 heterocycles. The Morgan fingerprint density at radius 3 is 2.62 bits per heavy atom. The van der Waals surface area contributed by atoms with Gasteiger partial charge in [0, 0.05) is 30.1 Å². The topological polar surface area (TPSA) is 43.4 Å². The zero-order chi connectivity index (χ0) is 14.7. The highest BCUT2D eigenvalue weighted by Crippen LogP contribution is 2.33. The molecule has 0 saturated heterocycles. The van der Waals surface area contributed by atoms with Crippen LogP contribution in [0.3, 0.4) is 0 Å². The molecule has 1 aliphatic rings. The minimum absolute atomic E-state index is 0.242. The molecule has 1 atom stereocenters. The summed E-state index contributed by atoms with van der Waals surface area (Å²) in [6.07, 6.45) is 5.24. The van der Waals surface area contributed by atoms with Crippen molar-refractivity contribution in [3.63, 3.8) is 0 Å². The zero-order valence-corrected chi connectivity index (χ0v) is 12.4. The fourth-order valence-electron chi connectivity index (χ4n) is 2.84. The van der Waals surface area contributed by atoms with Gasteiger partial charge in [0.15, 0.2) is 0 Å². The summed E-state index contributed by atoms with van der Waals surface area (Å²) in [5.41, 5.74) is 3.50. The van der Waals surface area contributed by atoms with Crippen LogP contribution in [0.2, 0.25) is 0 Å². The van der Waals surface area contributed by atoms with Crippen LogP contribution >= 0.6 is 0 Å². The first-order chi connectivity index (χ1) is 10.3. The van der Waals surface area contributed by atoms with Gasteiger partial charge < -0.3 is 14.8 Å². The number of nitrogens with one attached hydrogen (secondary N) is 1. The third-order valence-electron chi connectivity index (χ3n) is 3.89. The van der Waals surface area contributed by atoms with Gasteiger partial charge in [-0.2, -0.15) is 0 Å². The third kappa shape index (κ3) is 2.94. The average molecular weight is 284 g/mol. The second-order valence-corrected chi connectivity index (χ2v) is 5.24. The normalized spacial score (nSPS) is 17.0. The van der Waals surface area contributed by atoms with Crippen molar-refractivity contribution in [1.29, 1.82) is 0 Å². The lowest BCUT2D eigenvalue weighted by atomic mass is 9.92. The van der Waals surface area contributed by atoms with Crippen molar-refractivity contribution in [2.24, 2.45) is 0 Å².